The Balaban J connectivity index is 1.58. The second-order valence-corrected chi connectivity index (χ2v) is 8.10. The predicted octanol–water partition coefficient (Wildman–Crippen LogP) is 8.18. The van der Waals surface area contributed by atoms with Crippen molar-refractivity contribution in [2.24, 2.45) is 0 Å². The lowest BCUT2D eigenvalue weighted by Crippen LogP contribution is -1.90. The number of benzene rings is 5. The van der Waals surface area contributed by atoms with Gasteiger partial charge < -0.3 is 0 Å². The van der Waals surface area contributed by atoms with Gasteiger partial charge in [-0.1, -0.05) is 91.0 Å². The molecule has 0 saturated carbocycles. The van der Waals surface area contributed by atoms with Gasteiger partial charge >= 0.3 is 0 Å². The Kier molecular flexibility index (Phi) is 4.07. The van der Waals surface area contributed by atoms with E-state index in [4.69, 9.17) is 4.98 Å². The summed E-state index contributed by atoms with van der Waals surface area (Å²) in [5.74, 6) is 0. The molecular formula is C30H21N. The molecule has 0 spiro atoms. The first-order chi connectivity index (χ1) is 15.3. The fraction of sp³-hybridized carbons (Fsp3) is 0.0333. The average molecular weight is 396 g/mol. The van der Waals surface area contributed by atoms with Crippen molar-refractivity contribution in [3.8, 4) is 22.4 Å². The molecule has 1 nitrogen and oxygen atoms in total. The quantitative estimate of drug-likeness (QED) is 0.269. The monoisotopic (exact) mass is 395 g/mol. The van der Waals surface area contributed by atoms with Crippen LogP contribution in [0.1, 0.15) is 5.56 Å². The van der Waals surface area contributed by atoms with Crippen LogP contribution in [-0.4, -0.2) is 4.98 Å². The van der Waals surface area contributed by atoms with Crippen LogP contribution < -0.4 is 0 Å². The van der Waals surface area contributed by atoms with Gasteiger partial charge in [0.15, 0.2) is 0 Å². The highest BCUT2D eigenvalue weighted by atomic mass is 14.7. The molecule has 0 aliphatic carbocycles. The SMILES string of the molecule is Cc1cc(-c2ccccc2)ncc1-c1ccc2c3ccccc3c3ccccc3c2c1. The smallest absolute Gasteiger partial charge is 0.0705 e. The molecular weight excluding hydrogens is 374 g/mol. The topological polar surface area (TPSA) is 12.9 Å². The number of nitrogens with zero attached hydrogens (tertiary/aromatic N) is 1. The Morgan fingerprint density at radius 2 is 1.03 bits per heavy atom. The summed E-state index contributed by atoms with van der Waals surface area (Å²) in [6.07, 6.45) is 2.02. The van der Waals surface area contributed by atoms with Crippen molar-refractivity contribution in [3.63, 3.8) is 0 Å². The zero-order chi connectivity index (χ0) is 20.8. The van der Waals surface area contributed by atoms with Crippen LogP contribution in [0.2, 0.25) is 0 Å². The highest BCUT2D eigenvalue weighted by Gasteiger charge is 2.11. The zero-order valence-corrected chi connectivity index (χ0v) is 17.3. The summed E-state index contributed by atoms with van der Waals surface area (Å²) < 4.78 is 0. The molecule has 0 aliphatic rings. The Labute approximate surface area is 181 Å². The molecule has 5 aromatic carbocycles. The van der Waals surface area contributed by atoms with Gasteiger partial charge in [0.2, 0.25) is 0 Å². The maximum absolute atomic E-state index is 4.78. The minimum Gasteiger partial charge on any atom is -0.256 e. The van der Waals surface area contributed by atoms with Crippen molar-refractivity contribution in [1.29, 1.82) is 0 Å². The summed E-state index contributed by atoms with van der Waals surface area (Å²) in [7, 11) is 0. The molecule has 1 heteroatoms. The molecule has 0 unspecified atom stereocenters. The second kappa shape index (κ2) is 7.07. The van der Waals surface area contributed by atoms with Gasteiger partial charge in [-0.25, -0.2) is 0 Å². The number of hydrogen-bond donors (Lipinski definition) is 0. The van der Waals surface area contributed by atoms with Crippen molar-refractivity contribution in [3.05, 3.63) is 115 Å². The van der Waals surface area contributed by atoms with Crippen LogP contribution in [0.15, 0.2) is 109 Å². The lowest BCUT2D eigenvalue weighted by molar-refractivity contribution is 1.29. The number of aromatic nitrogens is 1. The first-order valence-electron chi connectivity index (χ1n) is 10.7. The Morgan fingerprint density at radius 3 is 1.65 bits per heavy atom. The average Bonchev–Trinajstić information content (AvgIpc) is 2.84. The number of rotatable bonds is 2. The van der Waals surface area contributed by atoms with E-state index in [0.717, 1.165) is 11.3 Å². The van der Waals surface area contributed by atoms with Crippen molar-refractivity contribution in [2.75, 3.05) is 0 Å². The fourth-order valence-corrected chi connectivity index (χ4v) is 4.70. The first kappa shape index (κ1) is 17.9. The molecule has 0 fully saturated rings. The van der Waals surface area contributed by atoms with Crippen LogP contribution in [-0.2, 0) is 0 Å². The summed E-state index contributed by atoms with van der Waals surface area (Å²) in [4.78, 5) is 4.78. The molecule has 1 aromatic heterocycles. The van der Waals surface area contributed by atoms with Crippen LogP contribution in [0.25, 0.3) is 54.7 Å². The van der Waals surface area contributed by atoms with Gasteiger partial charge in [-0.05, 0) is 62.5 Å². The van der Waals surface area contributed by atoms with Gasteiger partial charge in [-0.2, -0.15) is 0 Å². The lowest BCUT2D eigenvalue weighted by Gasteiger charge is -2.13. The Hall–Kier alpha value is -3.97. The van der Waals surface area contributed by atoms with E-state index in [1.165, 1.54) is 49.0 Å². The lowest BCUT2D eigenvalue weighted by atomic mass is 9.91. The van der Waals surface area contributed by atoms with Crippen LogP contribution in [0, 0.1) is 6.92 Å². The van der Waals surface area contributed by atoms with E-state index in [2.05, 4.69) is 104 Å². The molecule has 0 saturated heterocycles. The van der Waals surface area contributed by atoms with E-state index in [0.29, 0.717) is 0 Å². The molecule has 0 radical (unpaired) electrons. The minimum atomic E-state index is 1.01. The van der Waals surface area contributed by atoms with E-state index in [-0.39, 0.29) is 0 Å². The molecule has 0 atom stereocenters. The van der Waals surface area contributed by atoms with E-state index < -0.39 is 0 Å². The predicted molar refractivity (Wildman–Crippen MR) is 132 cm³/mol. The van der Waals surface area contributed by atoms with E-state index in [1.807, 2.05) is 12.3 Å². The fourth-order valence-electron chi connectivity index (χ4n) is 4.70. The van der Waals surface area contributed by atoms with E-state index >= 15 is 0 Å². The number of pyridine rings is 1. The highest BCUT2D eigenvalue weighted by molar-refractivity contribution is 6.25. The van der Waals surface area contributed by atoms with Gasteiger partial charge in [0.25, 0.3) is 0 Å². The Morgan fingerprint density at radius 1 is 0.484 bits per heavy atom. The molecule has 0 amide bonds. The molecule has 0 N–H and O–H groups in total. The summed E-state index contributed by atoms with van der Waals surface area (Å²) in [5, 5.41) is 7.80. The third kappa shape index (κ3) is 2.90. The number of hydrogen-bond acceptors (Lipinski definition) is 1. The van der Waals surface area contributed by atoms with Gasteiger partial charge in [-0.15, -0.1) is 0 Å². The number of fused-ring (bicyclic) bond motifs is 6. The van der Waals surface area contributed by atoms with Crippen LogP contribution in [0.3, 0.4) is 0 Å². The van der Waals surface area contributed by atoms with Crippen LogP contribution >= 0.6 is 0 Å². The third-order valence-electron chi connectivity index (χ3n) is 6.24. The zero-order valence-electron chi connectivity index (χ0n) is 17.3. The molecule has 1 heterocycles. The molecule has 0 aliphatic heterocycles. The van der Waals surface area contributed by atoms with E-state index in [1.54, 1.807) is 0 Å². The molecule has 6 rings (SSSR count). The minimum absolute atomic E-state index is 1.01. The number of aryl methyl sites for hydroxylation is 1. The van der Waals surface area contributed by atoms with Crippen molar-refractivity contribution in [1.82, 2.24) is 4.98 Å². The Bertz CT molecular complexity index is 1540. The van der Waals surface area contributed by atoms with Crippen LogP contribution in [0.5, 0.6) is 0 Å². The normalized spacial score (nSPS) is 11.4. The van der Waals surface area contributed by atoms with Gasteiger partial charge in [0.1, 0.15) is 0 Å². The standard InChI is InChI=1S/C30H21N/c1-20-17-30(21-9-3-2-4-10-21)31-19-29(20)22-15-16-27-25-13-6-5-11-23(25)24-12-7-8-14-26(24)28(27)18-22/h2-19H,1H3. The van der Waals surface area contributed by atoms with E-state index in [9.17, 15) is 0 Å². The highest BCUT2D eigenvalue weighted by Crippen LogP contribution is 2.37. The van der Waals surface area contributed by atoms with Gasteiger partial charge in [0.05, 0.1) is 5.69 Å². The second-order valence-electron chi connectivity index (χ2n) is 8.10. The maximum atomic E-state index is 4.78. The largest absolute Gasteiger partial charge is 0.256 e. The van der Waals surface area contributed by atoms with Crippen molar-refractivity contribution >= 4 is 32.3 Å². The summed E-state index contributed by atoms with van der Waals surface area (Å²) >= 11 is 0. The van der Waals surface area contributed by atoms with Crippen molar-refractivity contribution in [2.45, 2.75) is 6.92 Å². The summed E-state index contributed by atoms with van der Waals surface area (Å²) in [6.45, 7) is 2.17. The molecule has 0 bridgehead atoms. The molecule has 6 aromatic rings. The van der Waals surface area contributed by atoms with Crippen molar-refractivity contribution < 1.29 is 0 Å². The maximum Gasteiger partial charge on any atom is 0.0705 e. The van der Waals surface area contributed by atoms with Gasteiger partial charge in [-0.3, -0.25) is 4.98 Å². The third-order valence-corrected chi connectivity index (χ3v) is 6.24. The first-order valence-corrected chi connectivity index (χ1v) is 10.7. The summed E-state index contributed by atoms with van der Waals surface area (Å²) in [5.41, 5.74) is 5.78. The van der Waals surface area contributed by atoms with Crippen LogP contribution in [0.4, 0.5) is 0 Å². The summed E-state index contributed by atoms with van der Waals surface area (Å²) in [6, 6.07) is 36.8. The van der Waals surface area contributed by atoms with Gasteiger partial charge in [0, 0.05) is 17.3 Å². The molecule has 31 heavy (non-hydrogen) atoms. The molecule has 146 valence electrons.